The first-order valence-electron chi connectivity index (χ1n) is 8.56. The third-order valence-corrected chi connectivity index (χ3v) is 4.83. The van der Waals surface area contributed by atoms with Crippen molar-refractivity contribution in [3.8, 4) is 5.69 Å². The summed E-state index contributed by atoms with van der Waals surface area (Å²) < 4.78 is 5.62. The molecule has 0 radical (unpaired) electrons. The van der Waals surface area contributed by atoms with Crippen molar-refractivity contribution in [1.29, 1.82) is 0 Å². The number of nitrogens with zero attached hydrogens (tertiary/aromatic N) is 1. The van der Waals surface area contributed by atoms with Crippen LogP contribution in [0.5, 0.6) is 0 Å². The summed E-state index contributed by atoms with van der Waals surface area (Å²) in [5, 5.41) is 2.87. The Bertz CT molecular complexity index is 1450. The second-order valence-electron chi connectivity index (χ2n) is 6.39. The van der Waals surface area contributed by atoms with Crippen LogP contribution in [0.25, 0.3) is 27.5 Å². The van der Waals surface area contributed by atoms with Crippen molar-refractivity contribution in [3.63, 3.8) is 0 Å². The Hall–Kier alpha value is -3.65. The highest BCUT2D eigenvalue weighted by atomic mass is 35.5. The first kappa shape index (κ1) is 18.7. The predicted molar refractivity (Wildman–Crippen MR) is 109 cm³/mol. The molecule has 0 amide bonds. The Morgan fingerprint density at radius 3 is 2.52 bits per heavy atom. The van der Waals surface area contributed by atoms with E-state index in [1.54, 1.807) is 24.3 Å². The number of aromatic nitrogens is 3. The second-order valence-corrected chi connectivity index (χ2v) is 6.83. The lowest BCUT2D eigenvalue weighted by Crippen LogP contribution is -2.32. The lowest BCUT2D eigenvalue weighted by atomic mass is 10.1. The van der Waals surface area contributed by atoms with Crippen molar-refractivity contribution in [2.24, 2.45) is 0 Å². The normalized spacial score (nSPS) is 11.1. The quantitative estimate of drug-likeness (QED) is 0.394. The number of H-pyrrole nitrogens is 2. The SMILES string of the molecule is COC(=O)Cc1ccc(-n2[nH]c(=O)c3[nH]c4cc(Cl)ccc4c(=O)c3c2=O)cc1. The van der Waals surface area contributed by atoms with Gasteiger partial charge in [-0.3, -0.25) is 24.3 Å². The minimum absolute atomic E-state index is 0.0775. The van der Waals surface area contributed by atoms with E-state index in [9.17, 15) is 19.2 Å². The van der Waals surface area contributed by atoms with Crippen LogP contribution in [0.3, 0.4) is 0 Å². The summed E-state index contributed by atoms with van der Waals surface area (Å²) in [6, 6.07) is 11.0. The van der Waals surface area contributed by atoms with Gasteiger partial charge in [0, 0.05) is 10.4 Å². The first-order valence-corrected chi connectivity index (χ1v) is 8.93. The van der Waals surface area contributed by atoms with Gasteiger partial charge in [0.05, 0.1) is 24.7 Å². The summed E-state index contributed by atoms with van der Waals surface area (Å²) in [5.74, 6) is -0.396. The lowest BCUT2D eigenvalue weighted by Gasteiger charge is -2.09. The molecule has 0 saturated heterocycles. The van der Waals surface area contributed by atoms with Gasteiger partial charge >= 0.3 is 5.97 Å². The van der Waals surface area contributed by atoms with Crippen LogP contribution >= 0.6 is 11.6 Å². The molecule has 0 atom stereocenters. The van der Waals surface area contributed by atoms with Crippen molar-refractivity contribution >= 4 is 39.4 Å². The van der Waals surface area contributed by atoms with Gasteiger partial charge < -0.3 is 9.72 Å². The molecule has 9 heteroatoms. The van der Waals surface area contributed by atoms with Gasteiger partial charge in [0.25, 0.3) is 11.1 Å². The number of nitrogens with one attached hydrogen (secondary N) is 2. The number of esters is 1. The minimum atomic E-state index is -0.668. The zero-order chi connectivity index (χ0) is 20.7. The number of benzene rings is 2. The van der Waals surface area contributed by atoms with E-state index in [0.29, 0.717) is 21.8 Å². The number of hydrogen-bond acceptors (Lipinski definition) is 5. The van der Waals surface area contributed by atoms with Crippen LogP contribution in [0.2, 0.25) is 5.02 Å². The van der Waals surface area contributed by atoms with Crippen LogP contribution in [-0.2, 0) is 16.0 Å². The molecule has 0 aliphatic heterocycles. The van der Waals surface area contributed by atoms with Crippen molar-refractivity contribution in [2.45, 2.75) is 6.42 Å². The molecule has 8 nitrogen and oxygen atoms in total. The van der Waals surface area contributed by atoms with Crippen LogP contribution in [0.1, 0.15) is 5.56 Å². The average molecular weight is 412 g/mol. The smallest absolute Gasteiger partial charge is 0.309 e. The lowest BCUT2D eigenvalue weighted by molar-refractivity contribution is -0.139. The van der Waals surface area contributed by atoms with E-state index in [0.717, 1.165) is 4.68 Å². The zero-order valence-electron chi connectivity index (χ0n) is 15.1. The molecule has 2 aromatic heterocycles. The van der Waals surface area contributed by atoms with Gasteiger partial charge in [-0.05, 0) is 35.9 Å². The number of ether oxygens (including phenoxy) is 1. The van der Waals surface area contributed by atoms with E-state index in [4.69, 9.17) is 11.6 Å². The van der Waals surface area contributed by atoms with E-state index in [1.165, 1.54) is 25.3 Å². The Morgan fingerprint density at radius 1 is 1.10 bits per heavy atom. The number of pyridine rings is 1. The molecule has 146 valence electrons. The second kappa shape index (κ2) is 7.06. The van der Waals surface area contributed by atoms with Gasteiger partial charge in [0.15, 0.2) is 0 Å². The molecule has 0 aliphatic rings. The Labute approximate surface area is 167 Å². The number of methoxy groups -OCH3 is 1. The number of fused-ring (bicyclic) bond motifs is 2. The number of carbonyl (C=O) groups is 1. The summed E-state index contributed by atoms with van der Waals surface area (Å²) in [5.41, 5.74) is -0.581. The van der Waals surface area contributed by atoms with E-state index in [2.05, 4.69) is 14.8 Å². The molecule has 0 bridgehead atoms. The van der Waals surface area contributed by atoms with Crippen molar-refractivity contribution < 1.29 is 9.53 Å². The third kappa shape index (κ3) is 3.23. The molecular formula is C20H14ClN3O5. The first-order chi connectivity index (χ1) is 13.9. The number of hydrogen-bond donors (Lipinski definition) is 2. The maximum Gasteiger partial charge on any atom is 0.309 e. The molecule has 4 aromatic rings. The fraction of sp³-hybridized carbons (Fsp3) is 0.100. The van der Waals surface area contributed by atoms with Crippen LogP contribution in [0.15, 0.2) is 56.8 Å². The number of carbonyl (C=O) groups excluding carboxylic acids is 1. The highest BCUT2D eigenvalue weighted by Crippen LogP contribution is 2.16. The molecule has 0 saturated carbocycles. The molecular weight excluding hydrogens is 398 g/mol. The van der Waals surface area contributed by atoms with Gasteiger partial charge in [-0.1, -0.05) is 23.7 Å². The maximum absolute atomic E-state index is 13.0. The highest BCUT2D eigenvalue weighted by molar-refractivity contribution is 6.31. The van der Waals surface area contributed by atoms with Crippen molar-refractivity contribution in [3.05, 3.63) is 84.0 Å². The molecule has 0 spiro atoms. The molecule has 2 heterocycles. The number of rotatable bonds is 3. The summed E-state index contributed by atoms with van der Waals surface area (Å²) in [7, 11) is 1.30. The third-order valence-electron chi connectivity index (χ3n) is 4.59. The van der Waals surface area contributed by atoms with Crippen LogP contribution in [-0.4, -0.2) is 27.8 Å². The summed E-state index contributed by atoms with van der Waals surface area (Å²) in [4.78, 5) is 52.7. The van der Waals surface area contributed by atoms with E-state index in [1.807, 2.05) is 0 Å². The summed E-state index contributed by atoms with van der Waals surface area (Å²) >= 11 is 5.95. The van der Waals surface area contributed by atoms with Gasteiger partial charge in [-0.2, -0.15) is 0 Å². The molecule has 2 aromatic carbocycles. The maximum atomic E-state index is 13.0. The number of aromatic amines is 2. The topological polar surface area (TPSA) is 114 Å². The summed E-state index contributed by atoms with van der Waals surface area (Å²) in [6.45, 7) is 0. The molecule has 0 fully saturated rings. The van der Waals surface area contributed by atoms with E-state index >= 15 is 0 Å². The van der Waals surface area contributed by atoms with Crippen LogP contribution in [0, 0.1) is 0 Å². The molecule has 2 N–H and O–H groups in total. The summed E-state index contributed by atoms with van der Waals surface area (Å²) in [6.07, 6.45) is 0.0775. The molecule has 0 aliphatic carbocycles. The Morgan fingerprint density at radius 2 is 1.83 bits per heavy atom. The Balaban J connectivity index is 1.93. The minimum Gasteiger partial charge on any atom is -0.469 e. The Kier molecular flexibility index (Phi) is 4.56. The molecule has 0 unspecified atom stereocenters. The average Bonchev–Trinajstić information content (AvgIpc) is 2.71. The fourth-order valence-corrected chi connectivity index (χ4v) is 3.31. The highest BCUT2D eigenvalue weighted by Gasteiger charge is 2.15. The van der Waals surface area contributed by atoms with Gasteiger partial charge in [-0.15, -0.1) is 0 Å². The molecule has 4 rings (SSSR count). The molecule has 29 heavy (non-hydrogen) atoms. The monoisotopic (exact) mass is 411 g/mol. The largest absolute Gasteiger partial charge is 0.469 e. The zero-order valence-corrected chi connectivity index (χ0v) is 15.9. The van der Waals surface area contributed by atoms with E-state index < -0.39 is 22.5 Å². The van der Waals surface area contributed by atoms with Crippen molar-refractivity contribution in [1.82, 2.24) is 14.8 Å². The fourth-order valence-electron chi connectivity index (χ4n) is 3.14. The van der Waals surface area contributed by atoms with E-state index in [-0.39, 0.29) is 22.7 Å². The van der Waals surface area contributed by atoms with Crippen LogP contribution in [0.4, 0.5) is 0 Å². The van der Waals surface area contributed by atoms with Gasteiger partial charge in [0.2, 0.25) is 5.43 Å². The number of halogens is 1. The van der Waals surface area contributed by atoms with Gasteiger partial charge in [-0.25, -0.2) is 4.68 Å². The predicted octanol–water partition coefficient (Wildman–Crippen LogP) is 1.89. The standard InChI is InChI=1S/C20H14ClN3O5/c1-29-15(25)8-10-2-5-12(6-3-10)24-20(28)16-17(19(27)23-24)22-14-9-11(21)4-7-13(14)18(16)26/h2-7,9H,8H2,1H3,(H,22,26)(H,23,27). The van der Waals surface area contributed by atoms with Gasteiger partial charge in [0.1, 0.15) is 10.9 Å². The van der Waals surface area contributed by atoms with Crippen molar-refractivity contribution in [2.75, 3.05) is 7.11 Å². The van der Waals surface area contributed by atoms with Crippen LogP contribution < -0.4 is 16.5 Å².